The van der Waals surface area contributed by atoms with Gasteiger partial charge < -0.3 is 14.7 Å². The van der Waals surface area contributed by atoms with Gasteiger partial charge in [-0.3, -0.25) is 9.78 Å². The van der Waals surface area contributed by atoms with E-state index in [-0.39, 0.29) is 11.8 Å². The SMILES string of the molecule is COc1ccc2nccc(CCC[C@@H]3CCN(CCCc4ccccc4C)C[C@@H]3C(=O)O)c2c1. The topological polar surface area (TPSA) is 62.7 Å². The van der Waals surface area contributed by atoms with Gasteiger partial charge in [0.25, 0.3) is 0 Å². The van der Waals surface area contributed by atoms with Crippen molar-refractivity contribution in [3.8, 4) is 5.75 Å². The number of ether oxygens (including phenoxy) is 1. The second-order valence-electron chi connectivity index (χ2n) is 9.57. The highest BCUT2D eigenvalue weighted by molar-refractivity contribution is 5.83. The average molecular weight is 461 g/mol. The van der Waals surface area contributed by atoms with E-state index < -0.39 is 5.97 Å². The van der Waals surface area contributed by atoms with Crippen LogP contribution < -0.4 is 4.74 Å². The Morgan fingerprint density at radius 2 is 1.94 bits per heavy atom. The number of hydrogen-bond acceptors (Lipinski definition) is 4. The molecule has 1 aromatic heterocycles. The van der Waals surface area contributed by atoms with Crippen LogP contribution in [0, 0.1) is 18.8 Å². The maximum absolute atomic E-state index is 12.1. The Balaban J connectivity index is 1.30. The predicted molar refractivity (Wildman–Crippen MR) is 136 cm³/mol. The van der Waals surface area contributed by atoms with Crippen molar-refractivity contribution < 1.29 is 14.6 Å². The number of aromatic nitrogens is 1. The molecule has 2 atom stereocenters. The van der Waals surface area contributed by atoms with Crippen LogP contribution in [0.1, 0.15) is 42.4 Å². The number of carboxylic acids is 1. The van der Waals surface area contributed by atoms with Gasteiger partial charge in [0.2, 0.25) is 0 Å². The molecule has 1 N–H and O–H groups in total. The molecule has 2 aromatic carbocycles. The molecular formula is C29H36N2O3. The molecule has 0 spiro atoms. The number of hydrogen-bond donors (Lipinski definition) is 1. The smallest absolute Gasteiger partial charge is 0.308 e. The van der Waals surface area contributed by atoms with E-state index in [2.05, 4.69) is 47.1 Å². The second kappa shape index (κ2) is 11.5. The van der Waals surface area contributed by atoms with Crippen molar-refractivity contribution in [1.82, 2.24) is 9.88 Å². The van der Waals surface area contributed by atoms with Crippen LogP contribution in [0.5, 0.6) is 5.75 Å². The fourth-order valence-electron chi connectivity index (χ4n) is 5.36. The van der Waals surface area contributed by atoms with E-state index in [1.54, 1.807) is 7.11 Å². The summed E-state index contributed by atoms with van der Waals surface area (Å²) in [6.45, 7) is 4.79. The molecule has 1 saturated heterocycles. The van der Waals surface area contributed by atoms with Crippen LogP contribution in [0.15, 0.2) is 54.7 Å². The number of carbonyl (C=O) groups is 1. The van der Waals surface area contributed by atoms with Crippen LogP contribution in [0.25, 0.3) is 10.9 Å². The number of aryl methyl sites for hydroxylation is 3. The van der Waals surface area contributed by atoms with Gasteiger partial charge in [-0.15, -0.1) is 0 Å². The average Bonchev–Trinajstić information content (AvgIpc) is 2.85. The number of methoxy groups -OCH3 is 1. The zero-order valence-corrected chi connectivity index (χ0v) is 20.4. The van der Waals surface area contributed by atoms with Crippen molar-refractivity contribution in [3.63, 3.8) is 0 Å². The van der Waals surface area contributed by atoms with Gasteiger partial charge in [-0.1, -0.05) is 24.3 Å². The van der Waals surface area contributed by atoms with Crippen LogP contribution in [-0.4, -0.2) is 47.7 Å². The number of piperidine rings is 1. The number of likely N-dealkylation sites (tertiary alicyclic amines) is 1. The van der Waals surface area contributed by atoms with E-state index in [4.69, 9.17) is 4.74 Å². The van der Waals surface area contributed by atoms with E-state index in [0.29, 0.717) is 6.54 Å². The summed E-state index contributed by atoms with van der Waals surface area (Å²) in [6.07, 6.45) is 7.80. The molecule has 0 bridgehead atoms. The van der Waals surface area contributed by atoms with Gasteiger partial charge in [-0.25, -0.2) is 0 Å². The molecule has 1 aliphatic heterocycles. The first kappa shape index (κ1) is 24.2. The number of aliphatic carboxylic acids is 1. The lowest BCUT2D eigenvalue weighted by Gasteiger charge is -2.36. The van der Waals surface area contributed by atoms with Crippen molar-refractivity contribution in [2.75, 3.05) is 26.7 Å². The minimum atomic E-state index is -0.646. The maximum Gasteiger partial charge on any atom is 0.308 e. The molecule has 34 heavy (non-hydrogen) atoms. The van der Waals surface area contributed by atoms with Crippen molar-refractivity contribution in [2.45, 2.75) is 45.4 Å². The molecule has 3 aromatic rings. The van der Waals surface area contributed by atoms with Crippen molar-refractivity contribution in [1.29, 1.82) is 0 Å². The predicted octanol–water partition coefficient (Wildman–Crippen LogP) is 5.53. The van der Waals surface area contributed by atoms with Crippen molar-refractivity contribution in [3.05, 3.63) is 71.4 Å². The minimum Gasteiger partial charge on any atom is -0.497 e. The van der Waals surface area contributed by atoms with Gasteiger partial charge in [0.05, 0.1) is 18.5 Å². The number of fused-ring (bicyclic) bond motifs is 1. The second-order valence-corrected chi connectivity index (χ2v) is 9.57. The van der Waals surface area contributed by atoms with Crippen molar-refractivity contribution in [2.24, 2.45) is 11.8 Å². The van der Waals surface area contributed by atoms with Gasteiger partial charge in [0, 0.05) is 18.1 Å². The Labute approximate surface area is 202 Å². The van der Waals surface area contributed by atoms with Gasteiger partial charge in [-0.05, 0) is 105 Å². The first-order chi connectivity index (χ1) is 16.5. The highest BCUT2D eigenvalue weighted by Crippen LogP contribution is 2.30. The summed E-state index contributed by atoms with van der Waals surface area (Å²) in [5, 5.41) is 11.1. The Bertz CT molecular complexity index is 1110. The molecule has 4 rings (SSSR count). The number of rotatable bonds is 10. The monoisotopic (exact) mass is 460 g/mol. The lowest BCUT2D eigenvalue weighted by molar-refractivity contribution is -0.146. The van der Waals surface area contributed by atoms with Gasteiger partial charge >= 0.3 is 5.97 Å². The number of nitrogens with zero attached hydrogens (tertiary/aromatic N) is 2. The Kier molecular flexibility index (Phi) is 8.17. The van der Waals surface area contributed by atoms with E-state index in [1.807, 2.05) is 24.4 Å². The van der Waals surface area contributed by atoms with Crippen LogP contribution in [-0.2, 0) is 17.6 Å². The molecular weight excluding hydrogens is 424 g/mol. The summed E-state index contributed by atoms with van der Waals surface area (Å²) in [5.41, 5.74) is 4.96. The molecule has 5 heteroatoms. The van der Waals surface area contributed by atoms with Crippen molar-refractivity contribution >= 4 is 16.9 Å². The molecule has 1 fully saturated rings. The van der Waals surface area contributed by atoms with Crippen LogP contribution in [0.4, 0.5) is 0 Å². The molecule has 0 unspecified atom stereocenters. The molecule has 0 aliphatic carbocycles. The highest BCUT2D eigenvalue weighted by atomic mass is 16.5. The van der Waals surface area contributed by atoms with E-state index >= 15 is 0 Å². The fraction of sp³-hybridized carbons (Fsp3) is 0.448. The van der Waals surface area contributed by atoms with E-state index in [0.717, 1.165) is 68.3 Å². The number of benzene rings is 2. The van der Waals surface area contributed by atoms with Gasteiger partial charge in [-0.2, -0.15) is 0 Å². The Hall–Kier alpha value is -2.92. The van der Waals surface area contributed by atoms with Crippen LogP contribution in [0.3, 0.4) is 0 Å². The Morgan fingerprint density at radius 1 is 1.12 bits per heavy atom. The molecule has 0 saturated carbocycles. The minimum absolute atomic E-state index is 0.243. The lowest BCUT2D eigenvalue weighted by atomic mass is 9.81. The first-order valence-electron chi connectivity index (χ1n) is 12.5. The van der Waals surface area contributed by atoms with E-state index in [1.165, 1.54) is 16.7 Å². The lowest BCUT2D eigenvalue weighted by Crippen LogP contribution is -2.44. The van der Waals surface area contributed by atoms with Crippen LogP contribution >= 0.6 is 0 Å². The quantitative estimate of drug-likeness (QED) is 0.431. The maximum atomic E-state index is 12.1. The summed E-state index contributed by atoms with van der Waals surface area (Å²) in [5.74, 6) is 0.157. The zero-order valence-electron chi connectivity index (χ0n) is 20.4. The molecule has 2 heterocycles. The highest BCUT2D eigenvalue weighted by Gasteiger charge is 2.33. The van der Waals surface area contributed by atoms with Gasteiger partial charge in [0.1, 0.15) is 5.75 Å². The molecule has 1 aliphatic rings. The zero-order chi connectivity index (χ0) is 23.9. The molecule has 180 valence electrons. The summed E-state index contributed by atoms with van der Waals surface area (Å²) < 4.78 is 5.39. The largest absolute Gasteiger partial charge is 0.497 e. The molecule has 5 nitrogen and oxygen atoms in total. The standard InChI is InChI=1S/C29H36N2O3/c1-21-7-3-4-8-22(21)11-6-17-31-18-15-24(27(20-31)29(32)33)10-5-9-23-14-16-30-28-13-12-25(34-2)19-26(23)28/h3-4,7-8,12-14,16,19,24,27H,5-6,9-11,15,17-18,20H2,1-2H3,(H,32,33)/t24-,27+/m1/s1. The normalized spacial score (nSPS) is 18.8. The van der Waals surface area contributed by atoms with Gasteiger partial charge in [0.15, 0.2) is 0 Å². The van der Waals surface area contributed by atoms with E-state index in [9.17, 15) is 9.90 Å². The molecule has 0 radical (unpaired) electrons. The summed E-state index contributed by atoms with van der Waals surface area (Å²) in [7, 11) is 1.68. The third kappa shape index (κ3) is 5.95. The third-order valence-corrected chi connectivity index (χ3v) is 7.40. The number of carboxylic acid groups (broad SMARTS) is 1. The van der Waals surface area contributed by atoms with Crippen LogP contribution in [0.2, 0.25) is 0 Å². The fourth-order valence-corrected chi connectivity index (χ4v) is 5.36. The Morgan fingerprint density at radius 3 is 2.74 bits per heavy atom. The summed E-state index contributed by atoms with van der Waals surface area (Å²) in [4.78, 5) is 18.9. The first-order valence-corrected chi connectivity index (χ1v) is 12.5. The molecule has 0 amide bonds. The summed E-state index contributed by atoms with van der Waals surface area (Å²) in [6, 6.07) is 16.6. The third-order valence-electron chi connectivity index (χ3n) is 7.40. The number of pyridine rings is 1. The summed E-state index contributed by atoms with van der Waals surface area (Å²) >= 11 is 0.